The van der Waals surface area contributed by atoms with Crippen LogP contribution in [0.15, 0.2) is 0 Å². The predicted molar refractivity (Wildman–Crippen MR) is 106 cm³/mol. The summed E-state index contributed by atoms with van der Waals surface area (Å²) in [5.41, 5.74) is 2.53. The number of aromatic nitrogens is 5. The zero-order valence-electron chi connectivity index (χ0n) is 17.5. The minimum atomic E-state index is -0.548. The van der Waals surface area contributed by atoms with Crippen LogP contribution in [0.3, 0.4) is 0 Å². The molecule has 4 heterocycles. The van der Waals surface area contributed by atoms with E-state index in [1.54, 1.807) is 6.92 Å². The maximum absolute atomic E-state index is 12.8. The Balaban J connectivity index is 1.46. The Labute approximate surface area is 174 Å². The second-order valence-corrected chi connectivity index (χ2v) is 8.05. The van der Waals surface area contributed by atoms with Crippen molar-refractivity contribution in [3.8, 4) is 0 Å². The molecular formula is C20H28N6O4. The molecule has 0 aliphatic carbocycles. The summed E-state index contributed by atoms with van der Waals surface area (Å²) >= 11 is 0. The molecule has 0 aromatic carbocycles. The van der Waals surface area contributed by atoms with Gasteiger partial charge < -0.3 is 14.8 Å². The van der Waals surface area contributed by atoms with Gasteiger partial charge in [0.15, 0.2) is 0 Å². The zero-order valence-corrected chi connectivity index (χ0v) is 17.5. The van der Waals surface area contributed by atoms with E-state index < -0.39 is 5.97 Å². The Bertz CT molecular complexity index is 928. The first kappa shape index (κ1) is 20.5. The van der Waals surface area contributed by atoms with Crippen LogP contribution >= 0.6 is 0 Å². The normalized spacial score (nSPS) is 18.0. The van der Waals surface area contributed by atoms with Crippen LogP contribution in [0.5, 0.6) is 0 Å². The maximum atomic E-state index is 12.8. The second-order valence-electron chi connectivity index (χ2n) is 8.05. The van der Waals surface area contributed by atoms with Crippen molar-refractivity contribution >= 4 is 11.9 Å². The smallest absolute Gasteiger partial charge is 0.378 e. The largest absolute Gasteiger partial charge is 0.460 e. The molecule has 0 bridgehead atoms. The van der Waals surface area contributed by atoms with Gasteiger partial charge in [-0.2, -0.15) is 5.10 Å². The molecule has 2 aliphatic heterocycles. The summed E-state index contributed by atoms with van der Waals surface area (Å²) in [6, 6.07) is 0. The molecule has 0 atom stereocenters. The van der Waals surface area contributed by atoms with Gasteiger partial charge >= 0.3 is 5.97 Å². The molecule has 2 aromatic heterocycles. The third-order valence-corrected chi connectivity index (χ3v) is 5.94. The number of hydrogen-bond donors (Lipinski definition) is 2. The standard InChI is InChI=1S/C20H28N6O4/c1-3-14-16-15(11-20(12-21-18(16)27)5-9-29-10-6-20)26(25-14)7-4-8-30-19(28)17-22-13(2)23-24-17/h3-12H2,1-2H3,(H,21,27)(H,22,23,24). The number of fused-ring (bicyclic) bond motifs is 1. The number of H-pyrrole nitrogens is 1. The first-order chi connectivity index (χ1) is 14.5. The van der Waals surface area contributed by atoms with E-state index in [-0.39, 0.29) is 23.8 Å². The fourth-order valence-electron chi connectivity index (χ4n) is 4.24. The van der Waals surface area contributed by atoms with Crippen LogP contribution in [0.25, 0.3) is 0 Å². The number of nitrogens with zero attached hydrogens (tertiary/aromatic N) is 4. The monoisotopic (exact) mass is 416 g/mol. The van der Waals surface area contributed by atoms with Crippen LogP contribution in [0, 0.1) is 12.3 Å². The molecule has 2 aromatic rings. The molecule has 1 fully saturated rings. The number of hydrogen-bond acceptors (Lipinski definition) is 7. The summed E-state index contributed by atoms with van der Waals surface area (Å²) in [7, 11) is 0. The highest BCUT2D eigenvalue weighted by atomic mass is 16.5. The van der Waals surface area contributed by atoms with E-state index in [9.17, 15) is 9.59 Å². The van der Waals surface area contributed by atoms with Crippen molar-refractivity contribution in [2.75, 3.05) is 26.4 Å². The molecule has 0 radical (unpaired) electrons. The van der Waals surface area contributed by atoms with E-state index >= 15 is 0 Å². The number of esters is 1. The van der Waals surface area contributed by atoms with E-state index in [0.717, 1.165) is 43.9 Å². The number of aromatic amines is 1. The van der Waals surface area contributed by atoms with Crippen molar-refractivity contribution < 1.29 is 19.1 Å². The first-order valence-electron chi connectivity index (χ1n) is 10.5. The lowest BCUT2D eigenvalue weighted by Gasteiger charge is -2.36. The van der Waals surface area contributed by atoms with Gasteiger partial charge in [-0.15, -0.1) is 5.10 Å². The molecule has 4 rings (SSSR count). The highest BCUT2D eigenvalue weighted by Gasteiger charge is 2.39. The van der Waals surface area contributed by atoms with Gasteiger partial charge in [0.2, 0.25) is 0 Å². The third-order valence-electron chi connectivity index (χ3n) is 5.94. The van der Waals surface area contributed by atoms with Crippen molar-refractivity contribution in [3.63, 3.8) is 0 Å². The minimum Gasteiger partial charge on any atom is -0.460 e. The fourth-order valence-corrected chi connectivity index (χ4v) is 4.24. The van der Waals surface area contributed by atoms with Crippen LogP contribution in [0.2, 0.25) is 0 Å². The van der Waals surface area contributed by atoms with Gasteiger partial charge in [-0.3, -0.25) is 14.6 Å². The van der Waals surface area contributed by atoms with E-state index in [0.29, 0.717) is 37.3 Å². The molecule has 10 heteroatoms. The predicted octanol–water partition coefficient (Wildman–Crippen LogP) is 1.20. The molecule has 30 heavy (non-hydrogen) atoms. The van der Waals surface area contributed by atoms with Crippen LogP contribution in [-0.2, 0) is 28.9 Å². The van der Waals surface area contributed by atoms with Gasteiger partial charge in [-0.25, -0.2) is 9.78 Å². The number of ether oxygens (including phenoxy) is 2. The molecular weight excluding hydrogens is 388 g/mol. The molecule has 1 saturated heterocycles. The SMILES string of the molecule is CCc1nn(CCCOC(=O)c2n[nH]c(C)n2)c2c1C(=O)NCC1(CCOCC1)C2. The van der Waals surface area contributed by atoms with Crippen LogP contribution in [-0.4, -0.2) is 63.2 Å². The Hall–Kier alpha value is -2.75. The zero-order chi connectivity index (χ0) is 21.1. The van der Waals surface area contributed by atoms with Crippen molar-refractivity contribution in [2.24, 2.45) is 5.41 Å². The summed E-state index contributed by atoms with van der Waals surface area (Å²) in [4.78, 5) is 28.8. The van der Waals surface area contributed by atoms with Gasteiger partial charge in [-0.1, -0.05) is 6.92 Å². The lowest BCUT2D eigenvalue weighted by Crippen LogP contribution is -2.40. The van der Waals surface area contributed by atoms with Crippen LogP contribution in [0.1, 0.15) is 64.4 Å². The van der Waals surface area contributed by atoms with Gasteiger partial charge in [0.1, 0.15) is 5.82 Å². The van der Waals surface area contributed by atoms with Gasteiger partial charge in [0, 0.05) is 32.7 Å². The van der Waals surface area contributed by atoms with Crippen molar-refractivity contribution in [1.29, 1.82) is 0 Å². The van der Waals surface area contributed by atoms with Crippen LogP contribution < -0.4 is 5.32 Å². The molecule has 2 N–H and O–H groups in total. The summed E-state index contributed by atoms with van der Waals surface area (Å²) in [5, 5.41) is 14.3. The number of rotatable bonds is 6. The topological polar surface area (TPSA) is 124 Å². The Morgan fingerprint density at radius 1 is 1.33 bits per heavy atom. The lowest BCUT2D eigenvalue weighted by atomic mass is 9.76. The number of amides is 1. The number of aryl methyl sites for hydroxylation is 3. The fraction of sp³-hybridized carbons (Fsp3) is 0.650. The summed E-state index contributed by atoms with van der Waals surface area (Å²) in [6.07, 6.45) is 3.93. The average Bonchev–Trinajstić information content (AvgIpc) is 3.30. The number of carbonyl (C=O) groups excluding carboxylic acids is 2. The third kappa shape index (κ3) is 4.09. The summed E-state index contributed by atoms with van der Waals surface area (Å²) in [6.45, 7) is 6.64. The van der Waals surface area contributed by atoms with Crippen molar-refractivity contribution in [1.82, 2.24) is 30.3 Å². The average molecular weight is 416 g/mol. The quantitative estimate of drug-likeness (QED) is 0.536. The Morgan fingerprint density at radius 2 is 2.13 bits per heavy atom. The highest BCUT2D eigenvalue weighted by molar-refractivity contribution is 5.97. The maximum Gasteiger partial charge on any atom is 0.378 e. The molecule has 1 amide bonds. The number of carbonyl (C=O) groups is 2. The Kier molecular flexibility index (Phi) is 5.85. The molecule has 0 unspecified atom stereocenters. The molecule has 162 valence electrons. The van der Waals surface area contributed by atoms with E-state index in [2.05, 4.69) is 20.5 Å². The molecule has 10 nitrogen and oxygen atoms in total. The minimum absolute atomic E-state index is 0.0118. The summed E-state index contributed by atoms with van der Waals surface area (Å²) in [5.74, 6) is 0.0109. The van der Waals surface area contributed by atoms with Gasteiger partial charge in [0.05, 0.1) is 23.6 Å². The van der Waals surface area contributed by atoms with Crippen molar-refractivity contribution in [2.45, 2.75) is 52.5 Å². The van der Waals surface area contributed by atoms with Crippen LogP contribution in [0.4, 0.5) is 0 Å². The van der Waals surface area contributed by atoms with E-state index in [1.165, 1.54) is 0 Å². The Morgan fingerprint density at radius 3 is 2.83 bits per heavy atom. The lowest BCUT2D eigenvalue weighted by molar-refractivity contribution is 0.0152. The van der Waals surface area contributed by atoms with Crippen molar-refractivity contribution in [3.05, 3.63) is 28.6 Å². The summed E-state index contributed by atoms with van der Waals surface area (Å²) < 4.78 is 12.8. The molecule has 0 saturated carbocycles. The van der Waals surface area contributed by atoms with Gasteiger partial charge in [-0.05, 0) is 38.0 Å². The first-order valence-corrected chi connectivity index (χ1v) is 10.5. The number of nitrogens with one attached hydrogen (secondary N) is 2. The molecule has 2 aliphatic rings. The molecule has 1 spiro atoms. The second kappa shape index (κ2) is 8.55. The van der Waals surface area contributed by atoms with E-state index in [1.807, 2.05) is 11.6 Å². The van der Waals surface area contributed by atoms with E-state index in [4.69, 9.17) is 14.6 Å². The highest BCUT2D eigenvalue weighted by Crippen LogP contribution is 2.37. The van der Waals surface area contributed by atoms with Gasteiger partial charge in [0.25, 0.3) is 11.7 Å².